The van der Waals surface area contributed by atoms with E-state index in [4.69, 9.17) is 17.0 Å². The van der Waals surface area contributed by atoms with Gasteiger partial charge in [-0.15, -0.1) is 0 Å². The van der Waals surface area contributed by atoms with Crippen molar-refractivity contribution in [1.29, 1.82) is 0 Å². The molecule has 108 valence electrons. The fourth-order valence-electron chi connectivity index (χ4n) is 2.81. The number of nitrogens with zero attached hydrogens (tertiary/aromatic N) is 2. The number of fused-ring (bicyclic) bond motifs is 1. The van der Waals surface area contributed by atoms with E-state index in [2.05, 4.69) is 27.4 Å². The Kier molecular flexibility index (Phi) is 3.81. The van der Waals surface area contributed by atoms with Gasteiger partial charge >= 0.3 is 0 Å². The number of H-pyrrole nitrogens is 1. The number of aromatic nitrogens is 2. The van der Waals surface area contributed by atoms with Crippen molar-refractivity contribution in [3.05, 3.63) is 23.0 Å². The van der Waals surface area contributed by atoms with Crippen LogP contribution in [0, 0.1) is 4.77 Å². The van der Waals surface area contributed by atoms with E-state index in [0.717, 1.165) is 47.2 Å². The largest absolute Gasteiger partial charge is 0.494 e. The second-order valence-corrected chi connectivity index (χ2v) is 5.68. The number of methoxy groups -OCH3 is 1. The number of hydrogen-bond donors (Lipinski definition) is 1. The lowest BCUT2D eigenvalue weighted by molar-refractivity contribution is 0.267. The molecule has 20 heavy (non-hydrogen) atoms. The van der Waals surface area contributed by atoms with Gasteiger partial charge in [0.05, 0.1) is 12.6 Å². The van der Waals surface area contributed by atoms with Gasteiger partial charge < -0.3 is 14.3 Å². The second-order valence-electron chi connectivity index (χ2n) is 5.30. The van der Waals surface area contributed by atoms with Gasteiger partial charge in [0.1, 0.15) is 11.3 Å². The van der Waals surface area contributed by atoms with E-state index in [0.29, 0.717) is 0 Å². The highest BCUT2D eigenvalue weighted by molar-refractivity contribution is 7.71. The molecule has 0 aliphatic heterocycles. The summed E-state index contributed by atoms with van der Waals surface area (Å²) in [6.45, 7) is 5.33. The molecule has 1 saturated carbocycles. The molecule has 1 heterocycles. The molecule has 1 aromatic heterocycles. The van der Waals surface area contributed by atoms with Gasteiger partial charge in [0, 0.05) is 19.1 Å². The number of nitrogens with one attached hydrogen (secondary N) is 1. The normalized spacial score (nSPS) is 15.2. The van der Waals surface area contributed by atoms with Crippen molar-refractivity contribution in [2.75, 3.05) is 20.2 Å². The second kappa shape index (κ2) is 5.58. The number of hydrogen-bond acceptors (Lipinski definition) is 3. The summed E-state index contributed by atoms with van der Waals surface area (Å²) in [6, 6.07) is 6.87. The van der Waals surface area contributed by atoms with E-state index in [1.54, 1.807) is 7.11 Å². The van der Waals surface area contributed by atoms with Gasteiger partial charge in [0.25, 0.3) is 0 Å². The average molecular weight is 291 g/mol. The smallest absolute Gasteiger partial charge is 0.178 e. The first-order chi connectivity index (χ1) is 9.74. The predicted octanol–water partition coefficient (Wildman–Crippen LogP) is 3.19. The Morgan fingerprint density at radius 1 is 1.45 bits per heavy atom. The number of likely N-dealkylation sites (N-methyl/N-ethyl adjacent to an activating group) is 1. The standard InChI is InChI=1S/C15H21N3OS/c1-3-17(11-7-8-11)9-10-18-12-5-4-6-13(19-2)14(12)16-15(18)20/h4-6,11H,3,7-10H2,1-2H3,(H,16,20). The first kappa shape index (κ1) is 13.6. The first-order valence-corrected chi connectivity index (χ1v) is 7.65. The fourth-order valence-corrected chi connectivity index (χ4v) is 3.10. The molecule has 0 unspecified atom stereocenters. The lowest BCUT2D eigenvalue weighted by atomic mass is 10.3. The van der Waals surface area contributed by atoms with Crippen molar-refractivity contribution >= 4 is 23.3 Å². The topological polar surface area (TPSA) is 33.2 Å². The van der Waals surface area contributed by atoms with Gasteiger partial charge in [-0.1, -0.05) is 13.0 Å². The summed E-state index contributed by atoms with van der Waals surface area (Å²) in [5.41, 5.74) is 2.12. The van der Waals surface area contributed by atoms with E-state index >= 15 is 0 Å². The van der Waals surface area contributed by atoms with E-state index in [-0.39, 0.29) is 0 Å². The summed E-state index contributed by atoms with van der Waals surface area (Å²) >= 11 is 5.46. The zero-order valence-corrected chi connectivity index (χ0v) is 12.9. The molecule has 1 fully saturated rings. The summed E-state index contributed by atoms with van der Waals surface area (Å²) in [5.74, 6) is 0.849. The van der Waals surface area contributed by atoms with Gasteiger partial charge in [-0.2, -0.15) is 0 Å². The number of para-hydroxylation sites is 1. The van der Waals surface area contributed by atoms with Crippen molar-refractivity contribution in [1.82, 2.24) is 14.5 Å². The van der Waals surface area contributed by atoms with Crippen LogP contribution in [0.2, 0.25) is 0 Å². The van der Waals surface area contributed by atoms with Crippen LogP contribution in [0.1, 0.15) is 19.8 Å². The quantitative estimate of drug-likeness (QED) is 0.830. The van der Waals surface area contributed by atoms with Crippen molar-refractivity contribution in [3.8, 4) is 5.75 Å². The van der Waals surface area contributed by atoms with Gasteiger partial charge in [0.15, 0.2) is 4.77 Å². The Labute approximate surface area is 124 Å². The highest BCUT2D eigenvalue weighted by Crippen LogP contribution is 2.27. The number of ether oxygens (including phenoxy) is 1. The lowest BCUT2D eigenvalue weighted by Gasteiger charge is -2.20. The zero-order valence-electron chi connectivity index (χ0n) is 12.1. The van der Waals surface area contributed by atoms with Crippen LogP contribution in [0.25, 0.3) is 11.0 Å². The Balaban J connectivity index is 1.87. The fraction of sp³-hybridized carbons (Fsp3) is 0.533. The van der Waals surface area contributed by atoms with Crippen molar-refractivity contribution in [3.63, 3.8) is 0 Å². The minimum Gasteiger partial charge on any atom is -0.494 e. The molecular formula is C15H21N3OS. The maximum Gasteiger partial charge on any atom is 0.178 e. The molecule has 1 aliphatic carbocycles. The molecule has 2 aromatic rings. The summed E-state index contributed by atoms with van der Waals surface area (Å²) < 4.78 is 8.34. The lowest BCUT2D eigenvalue weighted by Crippen LogP contribution is -2.29. The van der Waals surface area contributed by atoms with Crippen LogP contribution in [0.4, 0.5) is 0 Å². The maximum atomic E-state index is 5.46. The predicted molar refractivity (Wildman–Crippen MR) is 83.9 cm³/mol. The third kappa shape index (κ3) is 2.47. The number of aromatic amines is 1. The third-order valence-corrected chi connectivity index (χ3v) is 4.39. The van der Waals surface area contributed by atoms with Crippen LogP contribution >= 0.6 is 12.2 Å². The highest BCUT2D eigenvalue weighted by Gasteiger charge is 2.27. The molecule has 1 aliphatic rings. The van der Waals surface area contributed by atoms with Crippen molar-refractivity contribution in [2.24, 2.45) is 0 Å². The molecule has 0 amide bonds. The molecule has 3 rings (SSSR count). The van der Waals surface area contributed by atoms with Crippen LogP contribution in [0.5, 0.6) is 5.75 Å². The van der Waals surface area contributed by atoms with Crippen LogP contribution in [0.3, 0.4) is 0 Å². The summed E-state index contributed by atoms with van der Waals surface area (Å²) in [4.78, 5) is 5.81. The monoisotopic (exact) mass is 291 g/mol. The van der Waals surface area contributed by atoms with Gasteiger partial charge in [-0.3, -0.25) is 4.90 Å². The molecule has 5 heteroatoms. The summed E-state index contributed by atoms with van der Waals surface area (Å²) in [7, 11) is 1.69. The Morgan fingerprint density at radius 3 is 2.90 bits per heavy atom. The Bertz CT molecular complexity index is 657. The molecule has 1 aromatic carbocycles. The van der Waals surface area contributed by atoms with Gasteiger partial charge in [-0.05, 0) is 43.7 Å². The molecule has 0 saturated heterocycles. The van der Waals surface area contributed by atoms with Crippen LogP contribution in [0.15, 0.2) is 18.2 Å². The van der Waals surface area contributed by atoms with Crippen LogP contribution < -0.4 is 4.74 Å². The third-order valence-electron chi connectivity index (χ3n) is 4.07. The molecular weight excluding hydrogens is 270 g/mol. The molecule has 0 atom stereocenters. The van der Waals surface area contributed by atoms with E-state index in [1.807, 2.05) is 12.1 Å². The Morgan fingerprint density at radius 2 is 2.25 bits per heavy atom. The van der Waals surface area contributed by atoms with E-state index in [9.17, 15) is 0 Å². The number of benzene rings is 1. The Hall–Kier alpha value is -1.33. The molecule has 0 radical (unpaired) electrons. The van der Waals surface area contributed by atoms with Crippen LogP contribution in [-0.4, -0.2) is 40.7 Å². The average Bonchev–Trinajstić information content (AvgIpc) is 3.24. The van der Waals surface area contributed by atoms with Gasteiger partial charge in [0.2, 0.25) is 0 Å². The molecule has 0 bridgehead atoms. The minimum atomic E-state index is 0.774. The minimum absolute atomic E-state index is 0.774. The van der Waals surface area contributed by atoms with Crippen LogP contribution in [-0.2, 0) is 6.54 Å². The van der Waals surface area contributed by atoms with Crippen molar-refractivity contribution < 1.29 is 4.74 Å². The molecule has 1 N–H and O–H groups in total. The molecule has 4 nitrogen and oxygen atoms in total. The SMILES string of the molecule is CCN(CCn1c(=S)[nH]c2c(OC)cccc21)C1CC1. The van der Waals surface area contributed by atoms with E-state index < -0.39 is 0 Å². The molecule has 0 spiro atoms. The van der Waals surface area contributed by atoms with Gasteiger partial charge in [-0.25, -0.2) is 0 Å². The number of imidazole rings is 1. The zero-order chi connectivity index (χ0) is 14.1. The highest BCUT2D eigenvalue weighted by atomic mass is 32.1. The summed E-state index contributed by atoms with van der Waals surface area (Å²) in [5, 5.41) is 0. The van der Waals surface area contributed by atoms with Crippen molar-refractivity contribution in [2.45, 2.75) is 32.4 Å². The summed E-state index contributed by atoms with van der Waals surface area (Å²) in [6.07, 6.45) is 2.70. The maximum absolute atomic E-state index is 5.46. The van der Waals surface area contributed by atoms with E-state index in [1.165, 1.54) is 12.8 Å². The number of rotatable bonds is 6. The first-order valence-electron chi connectivity index (χ1n) is 7.24.